The van der Waals surface area contributed by atoms with Gasteiger partial charge in [0.05, 0.1) is 18.2 Å². The molecule has 3 heterocycles. The first-order valence-corrected chi connectivity index (χ1v) is 8.67. The number of nitrogens with zero attached hydrogens (tertiary/aromatic N) is 4. The molecule has 6 heteroatoms. The average molecular weight is 317 g/mol. The predicted octanol–water partition coefficient (Wildman–Crippen LogP) is 0.899. The van der Waals surface area contributed by atoms with Crippen LogP contribution >= 0.6 is 0 Å². The molecule has 1 atom stereocenters. The van der Waals surface area contributed by atoms with E-state index < -0.39 is 0 Å². The summed E-state index contributed by atoms with van der Waals surface area (Å²) in [4.78, 5) is 25.5. The van der Waals surface area contributed by atoms with E-state index in [-0.39, 0.29) is 11.8 Å². The molecule has 126 valence electrons. The highest BCUT2D eigenvalue weighted by Gasteiger charge is 2.30. The van der Waals surface area contributed by atoms with Crippen LogP contribution in [0.4, 0.5) is 0 Å². The Morgan fingerprint density at radius 2 is 2.13 bits per heavy atom. The molecule has 0 radical (unpaired) electrons. The Kier molecular flexibility index (Phi) is 5.56. The molecule has 0 aliphatic carbocycles. The van der Waals surface area contributed by atoms with Gasteiger partial charge in [-0.3, -0.25) is 9.69 Å². The summed E-state index contributed by atoms with van der Waals surface area (Å²) in [6.07, 6.45) is 7.80. The second-order valence-corrected chi connectivity index (χ2v) is 6.79. The number of likely N-dealkylation sites (tertiary alicyclic amines) is 2. The van der Waals surface area contributed by atoms with Crippen molar-refractivity contribution in [3.05, 3.63) is 24.3 Å². The Morgan fingerprint density at radius 1 is 1.30 bits per heavy atom. The van der Waals surface area contributed by atoms with Crippen molar-refractivity contribution in [2.45, 2.75) is 38.3 Å². The zero-order chi connectivity index (χ0) is 16.1. The first-order valence-electron chi connectivity index (χ1n) is 8.67. The SMILES string of the molecule is CN1CCC(N2CCCC(C(=O)NCc3ccncn3)C2)CC1. The quantitative estimate of drug-likeness (QED) is 0.894. The number of aromatic nitrogens is 2. The van der Waals surface area contributed by atoms with Gasteiger partial charge in [-0.25, -0.2) is 9.97 Å². The van der Waals surface area contributed by atoms with Crippen LogP contribution in [0.25, 0.3) is 0 Å². The van der Waals surface area contributed by atoms with E-state index in [1.165, 1.54) is 32.3 Å². The lowest BCUT2D eigenvalue weighted by Gasteiger charge is -2.41. The van der Waals surface area contributed by atoms with E-state index in [1.807, 2.05) is 6.07 Å². The first-order chi connectivity index (χ1) is 11.2. The van der Waals surface area contributed by atoms with Gasteiger partial charge in [0, 0.05) is 18.8 Å². The number of nitrogens with one attached hydrogen (secondary N) is 1. The van der Waals surface area contributed by atoms with Crippen molar-refractivity contribution in [3.63, 3.8) is 0 Å². The fourth-order valence-electron chi connectivity index (χ4n) is 3.66. The van der Waals surface area contributed by atoms with Gasteiger partial charge in [-0.1, -0.05) is 0 Å². The topological polar surface area (TPSA) is 61.4 Å². The molecule has 2 fully saturated rings. The summed E-state index contributed by atoms with van der Waals surface area (Å²) in [6.45, 7) is 4.89. The Hall–Kier alpha value is -1.53. The molecule has 0 saturated carbocycles. The normalized spacial score (nSPS) is 24.5. The highest BCUT2D eigenvalue weighted by Crippen LogP contribution is 2.23. The molecule has 0 bridgehead atoms. The summed E-state index contributed by atoms with van der Waals surface area (Å²) in [6, 6.07) is 2.50. The predicted molar refractivity (Wildman–Crippen MR) is 88.7 cm³/mol. The van der Waals surface area contributed by atoms with Crippen LogP contribution in [0.5, 0.6) is 0 Å². The van der Waals surface area contributed by atoms with E-state index in [4.69, 9.17) is 0 Å². The highest BCUT2D eigenvalue weighted by molar-refractivity contribution is 5.78. The number of piperidine rings is 2. The van der Waals surface area contributed by atoms with E-state index in [1.54, 1.807) is 6.20 Å². The lowest BCUT2D eigenvalue weighted by molar-refractivity contribution is -0.127. The lowest BCUT2D eigenvalue weighted by Crippen LogP contribution is -2.50. The van der Waals surface area contributed by atoms with Gasteiger partial charge in [-0.2, -0.15) is 0 Å². The molecular formula is C17H27N5O. The van der Waals surface area contributed by atoms with Gasteiger partial charge in [0.2, 0.25) is 5.91 Å². The molecule has 0 spiro atoms. The Bertz CT molecular complexity index is 501. The van der Waals surface area contributed by atoms with Crippen molar-refractivity contribution in [1.29, 1.82) is 0 Å². The monoisotopic (exact) mass is 317 g/mol. The number of carbonyl (C=O) groups is 1. The van der Waals surface area contributed by atoms with Crippen molar-refractivity contribution < 1.29 is 4.79 Å². The number of carbonyl (C=O) groups excluding carboxylic acids is 1. The number of hydrogen-bond donors (Lipinski definition) is 1. The Balaban J connectivity index is 1.48. The molecular weight excluding hydrogens is 290 g/mol. The van der Waals surface area contributed by atoms with E-state index >= 15 is 0 Å². The molecule has 1 aromatic heterocycles. The maximum Gasteiger partial charge on any atom is 0.224 e. The van der Waals surface area contributed by atoms with E-state index in [2.05, 4.69) is 32.1 Å². The minimum absolute atomic E-state index is 0.116. The number of rotatable bonds is 4. The second kappa shape index (κ2) is 7.84. The second-order valence-electron chi connectivity index (χ2n) is 6.79. The molecule has 3 rings (SSSR count). The molecule has 1 unspecified atom stereocenters. The van der Waals surface area contributed by atoms with Crippen LogP contribution in [0.3, 0.4) is 0 Å². The third-order valence-electron chi connectivity index (χ3n) is 5.12. The van der Waals surface area contributed by atoms with Gasteiger partial charge in [-0.05, 0) is 58.4 Å². The summed E-state index contributed by atoms with van der Waals surface area (Å²) in [5.74, 6) is 0.284. The van der Waals surface area contributed by atoms with Gasteiger partial charge >= 0.3 is 0 Å². The van der Waals surface area contributed by atoms with Crippen LogP contribution in [0.15, 0.2) is 18.6 Å². The standard InChI is InChI=1S/C17H27N5O/c1-21-9-5-16(6-10-21)22-8-2-3-14(12-22)17(23)19-11-15-4-7-18-13-20-15/h4,7,13-14,16H,2-3,5-6,8-12H2,1H3,(H,19,23). The molecule has 0 aromatic carbocycles. The summed E-state index contributed by atoms with van der Waals surface area (Å²) >= 11 is 0. The summed E-state index contributed by atoms with van der Waals surface area (Å²) in [5, 5.41) is 3.04. The van der Waals surface area contributed by atoms with E-state index in [9.17, 15) is 4.79 Å². The van der Waals surface area contributed by atoms with Crippen molar-refractivity contribution in [3.8, 4) is 0 Å². The molecule has 2 aliphatic rings. The van der Waals surface area contributed by atoms with Crippen LogP contribution in [0.2, 0.25) is 0 Å². The minimum Gasteiger partial charge on any atom is -0.350 e. The third kappa shape index (κ3) is 4.48. The minimum atomic E-state index is 0.116. The number of amides is 1. The van der Waals surface area contributed by atoms with Crippen molar-refractivity contribution in [2.75, 3.05) is 33.2 Å². The number of hydrogen-bond acceptors (Lipinski definition) is 5. The summed E-state index contributed by atoms with van der Waals surface area (Å²) in [7, 11) is 2.19. The zero-order valence-corrected chi connectivity index (χ0v) is 13.9. The highest BCUT2D eigenvalue weighted by atomic mass is 16.1. The molecule has 2 saturated heterocycles. The van der Waals surface area contributed by atoms with E-state index in [0.717, 1.165) is 31.6 Å². The molecule has 1 N–H and O–H groups in total. The maximum atomic E-state index is 12.5. The van der Waals surface area contributed by atoms with Crippen LogP contribution in [-0.2, 0) is 11.3 Å². The molecule has 2 aliphatic heterocycles. The largest absolute Gasteiger partial charge is 0.350 e. The van der Waals surface area contributed by atoms with Gasteiger partial charge in [0.25, 0.3) is 0 Å². The average Bonchev–Trinajstić information content (AvgIpc) is 2.61. The zero-order valence-electron chi connectivity index (χ0n) is 13.9. The van der Waals surface area contributed by atoms with Gasteiger partial charge < -0.3 is 10.2 Å². The van der Waals surface area contributed by atoms with Crippen molar-refractivity contribution in [1.82, 2.24) is 25.1 Å². The fourth-order valence-corrected chi connectivity index (χ4v) is 3.66. The third-order valence-corrected chi connectivity index (χ3v) is 5.12. The van der Waals surface area contributed by atoms with Crippen LogP contribution in [-0.4, -0.2) is 64.9 Å². The molecule has 23 heavy (non-hydrogen) atoms. The maximum absolute atomic E-state index is 12.5. The molecule has 1 aromatic rings. The summed E-state index contributed by atoms with van der Waals surface area (Å²) < 4.78 is 0. The lowest BCUT2D eigenvalue weighted by atomic mass is 9.93. The smallest absolute Gasteiger partial charge is 0.224 e. The van der Waals surface area contributed by atoms with Gasteiger partial charge in [-0.15, -0.1) is 0 Å². The fraction of sp³-hybridized carbons (Fsp3) is 0.706. The first kappa shape index (κ1) is 16.3. The molecule has 6 nitrogen and oxygen atoms in total. The summed E-state index contributed by atoms with van der Waals surface area (Å²) in [5.41, 5.74) is 0.858. The van der Waals surface area contributed by atoms with Crippen LogP contribution in [0.1, 0.15) is 31.4 Å². The van der Waals surface area contributed by atoms with Crippen molar-refractivity contribution in [2.24, 2.45) is 5.92 Å². The van der Waals surface area contributed by atoms with Gasteiger partial charge in [0.15, 0.2) is 0 Å². The Morgan fingerprint density at radius 3 is 2.87 bits per heavy atom. The Labute approximate surface area is 138 Å². The van der Waals surface area contributed by atoms with Gasteiger partial charge in [0.1, 0.15) is 6.33 Å². The van der Waals surface area contributed by atoms with E-state index in [0.29, 0.717) is 12.6 Å². The van der Waals surface area contributed by atoms with Crippen molar-refractivity contribution >= 4 is 5.91 Å². The van der Waals surface area contributed by atoms with Crippen LogP contribution in [0, 0.1) is 5.92 Å². The molecule has 1 amide bonds. The van der Waals surface area contributed by atoms with Crippen LogP contribution < -0.4 is 5.32 Å².